The molecule has 0 bridgehead atoms. The second-order valence-corrected chi connectivity index (χ2v) is 8.27. The molecule has 4 rings (SSSR count). The number of nitrogens with zero attached hydrogens (tertiary/aromatic N) is 1. The van der Waals surface area contributed by atoms with Crippen molar-refractivity contribution >= 4 is 5.91 Å². The maximum atomic E-state index is 13.0. The van der Waals surface area contributed by atoms with Crippen molar-refractivity contribution in [1.82, 2.24) is 4.90 Å². The number of hydrogen-bond acceptors (Lipinski definition) is 2. The maximum Gasteiger partial charge on any atom is 0.253 e. The number of carbonyl (C=O) groups is 1. The van der Waals surface area contributed by atoms with E-state index in [0.717, 1.165) is 31.5 Å². The van der Waals surface area contributed by atoms with Gasteiger partial charge in [0.05, 0.1) is 0 Å². The molecular weight excluding hydrogens is 368 g/mol. The number of piperidine rings is 1. The highest BCUT2D eigenvalue weighted by Gasteiger charge is 2.24. The van der Waals surface area contributed by atoms with Crippen LogP contribution in [-0.4, -0.2) is 23.9 Å². The van der Waals surface area contributed by atoms with Gasteiger partial charge in [-0.1, -0.05) is 73.7 Å². The van der Waals surface area contributed by atoms with Crippen molar-refractivity contribution in [3.8, 4) is 0 Å². The van der Waals surface area contributed by atoms with E-state index in [4.69, 9.17) is 5.73 Å². The Labute approximate surface area is 179 Å². The van der Waals surface area contributed by atoms with E-state index in [1.54, 1.807) is 0 Å². The number of rotatable bonds is 5. The van der Waals surface area contributed by atoms with Crippen LogP contribution in [0.5, 0.6) is 0 Å². The Kier molecular flexibility index (Phi) is 6.29. The Hall–Kier alpha value is -2.91. The number of likely N-dealkylation sites (tertiary alicyclic amines) is 1. The smallest absolute Gasteiger partial charge is 0.253 e. The van der Waals surface area contributed by atoms with Gasteiger partial charge in [0.25, 0.3) is 5.91 Å². The molecule has 3 nitrogen and oxygen atoms in total. The van der Waals surface area contributed by atoms with E-state index in [-0.39, 0.29) is 5.91 Å². The van der Waals surface area contributed by atoms with E-state index in [0.29, 0.717) is 18.4 Å². The Morgan fingerprint density at radius 2 is 1.60 bits per heavy atom. The highest BCUT2D eigenvalue weighted by atomic mass is 16.2. The Morgan fingerprint density at radius 1 is 0.933 bits per heavy atom. The molecule has 1 saturated heterocycles. The molecule has 1 aliphatic heterocycles. The average molecular weight is 399 g/mol. The summed E-state index contributed by atoms with van der Waals surface area (Å²) in [6.07, 6.45) is 2.01. The Balaban J connectivity index is 1.38. The molecular formula is C27H30N2O. The van der Waals surface area contributed by atoms with Crippen LogP contribution in [0.25, 0.3) is 0 Å². The zero-order chi connectivity index (χ0) is 20.9. The molecule has 0 aromatic heterocycles. The van der Waals surface area contributed by atoms with E-state index in [1.165, 1.54) is 22.3 Å². The van der Waals surface area contributed by atoms with Crippen molar-refractivity contribution in [3.05, 3.63) is 107 Å². The minimum Gasteiger partial charge on any atom is -0.339 e. The molecule has 0 aliphatic carbocycles. The summed E-state index contributed by atoms with van der Waals surface area (Å²) in [7, 11) is 0. The summed E-state index contributed by atoms with van der Waals surface area (Å²) < 4.78 is 0. The maximum absolute atomic E-state index is 13.0. The number of amides is 1. The lowest BCUT2D eigenvalue weighted by atomic mass is 9.88. The van der Waals surface area contributed by atoms with Gasteiger partial charge in [-0.05, 0) is 53.1 Å². The van der Waals surface area contributed by atoms with Crippen LogP contribution in [0.1, 0.15) is 64.2 Å². The fraction of sp³-hybridized carbons (Fsp3) is 0.296. The summed E-state index contributed by atoms with van der Waals surface area (Å²) in [4.78, 5) is 15.0. The molecule has 1 aliphatic rings. The number of benzene rings is 3. The van der Waals surface area contributed by atoms with Crippen LogP contribution < -0.4 is 5.73 Å². The number of hydrogen-bond donors (Lipinski definition) is 1. The van der Waals surface area contributed by atoms with Gasteiger partial charge in [-0.25, -0.2) is 0 Å². The molecule has 1 fully saturated rings. The molecule has 154 valence electrons. The van der Waals surface area contributed by atoms with Gasteiger partial charge >= 0.3 is 0 Å². The van der Waals surface area contributed by atoms with Crippen molar-refractivity contribution in [2.45, 2.75) is 38.1 Å². The minimum absolute atomic E-state index is 0.142. The van der Waals surface area contributed by atoms with Crippen LogP contribution >= 0.6 is 0 Å². The van der Waals surface area contributed by atoms with Crippen LogP contribution in [0.3, 0.4) is 0 Å². The predicted molar refractivity (Wildman–Crippen MR) is 123 cm³/mol. The molecule has 3 aromatic carbocycles. The Bertz CT molecular complexity index is 973. The molecule has 0 spiro atoms. The molecule has 3 heteroatoms. The second-order valence-electron chi connectivity index (χ2n) is 8.27. The lowest BCUT2D eigenvalue weighted by Gasteiger charge is -2.32. The summed E-state index contributed by atoms with van der Waals surface area (Å²) in [5.74, 6) is 0.966. The van der Waals surface area contributed by atoms with Crippen LogP contribution in [-0.2, 0) is 6.54 Å². The van der Waals surface area contributed by atoms with Crippen LogP contribution in [0.4, 0.5) is 0 Å². The van der Waals surface area contributed by atoms with Crippen LogP contribution in [0.2, 0.25) is 0 Å². The van der Waals surface area contributed by atoms with Gasteiger partial charge in [-0.3, -0.25) is 4.79 Å². The van der Waals surface area contributed by atoms with Gasteiger partial charge < -0.3 is 10.6 Å². The largest absolute Gasteiger partial charge is 0.339 e. The second kappa shape index (κ2) is 9.27. The molecule has 1 amide bonds. The monoisotopic (exact) mass is 398 g/mol. The fourth-order valence-corrected chi connectivity index (χ4v) is 4.42. The lowest BCUT2D eigenvalue weighted by molar-refractivity contribution is 0.0713. The SMILES string of the molecule is CC(c1ccccc1)c1ccc(C(=O)N2CCC(c3cccc(CN)c3)CC2)cc1. The van der Waals surface area contributed by atoms with Crippen molar-refractivity contribution in [3.63, 3.8) is 0 Å². The van der Waals surface area contributed by atoms with Crippen molar-refractivity contribution < 1.29 is 4.79 Å². The van der Waals surface area contributed by atoms with Gasteiger partial charge in [0.2, 0.25) is 0 Å². The number of carbonyl (C=O) groups excluding carboxylic acids is 1. The molecule has 1 heterocycles. The molecule has 0 radical (unpaired) electrons. The molecule has 30 heavy (non-hydrogen) atoms. The summed E-state index contributed by atoms with van der Waals surface area (Å²) in [5.41, 5.74) is 11.6. The first kappa shape index (κ1) is 20.4. The summed E-state index contributed by atoms with van der Waals surface area (Å²) in [6.45, 7) is 4.39. The van der Waals surface area contributed by atoms with E-state index >= 15 is 0 Å². The van der Waals surface area contributed by atoms with E-state index in [1.807, 2.05) is 23.1 Å². The van der Waals surface area contributed by atoms with Gasteiger partial charge in [-0.2, -0.15) is 0 Å². The third-order valence-corrected chi connectivity index (χ3v) is 6.40. The minimum atomic E-state index is 0.142. The summed E-state index contributed by atoms with van der Waals surface area (Å²) >= 11 is 0. The quantitative estimate of drug-likeness (QED) is 0.632. The normalized spacial score (nSPS) is 15.7. The summed E-state index contributed by atoms with van der Waals surface area (Å²) in [6, 6.07) is 27.2. The lowest BCUT2D eigenvalue weighted by Crippen LogP contribution is -2.37. The summed E-state index contributed by atoms with van der Waals surface area (Å²) in [5, 5.41) is 0. The van der Waals surface area contributed by atoms with Gasteiger partial charge in [0.1, 0.15) is 0 Å². The highest BCUT2D eigenvalue weighted by Crippen LogP contribution is 2.30. The highest BCUT2D eigenvalue weighted by molar-refractivity contribution is 5.94. The molecule has 1 unspecified atom stereocenters. The van der Waals surface area contributed by atoms with E-state index < -0.39 is 0 Å². The van der Waals surface area contributed by atoms with Crippen LogP contribution in [0, 0.1) is 0 Å². The predicted octanol–water partition coefficient (Wildman–Crippen LogP) is 5.32. The third kappa shape index (κ3) is 4.47. The van der Waals surface area contributed by atoms with Gasteiger partial charge in [0.15, 0.2) is 0 Å². The zero-order valence-corrected chi connectivity index (χ0v) is 17.6. The first-order chi connectivity index (χ1) is 14.7. The first-order valence-electron chi connectivity index (χ1n) is 10.9. The van der Waals surface area contributed by atoms with Gasteiger partial charge in [-0.15, -0.1) is 0 Å². The van der Waals surface area contributed by atoms with Crippen molar-refractivity contribution in [2.75, 3.05) is 13.1 Å². The van der Waals surface area contributed by atoms with Crippen molar-refractivity contribution in [2.24, 2.45) is 5.73 Å². The topological polar surface area (TPSA) is 46.3 Å². The average Bonchev–Trinajstić information content (AvgIpc) is 2.84. The number of nitrogens with two attached hydrogens (primary N) is 1. The fourth-order valence-electron chi connectivity index (χ4n) is 4.42. The third-order valence-electron chi connectivity index (χ3n) is 6.40. The van der Waals surface area contributed by atoms with Crippen molar-refractivity contribution in [1.29, 1.82) is 0 Å². The van der Waals surface area contributed by atoms with Gasteiger partial charge in [0, 0.05) is 31.1 Å². The zero-order valence-electron chi connectivity index (χ0n) is 17.6. The van der Waals surface area contributed by atoms with E-state index in [9.17, 15) is 4.79 Å². The molecule has 0 saturated carbocycles. The Morgan fingerprint density at radius 3 is 2.27 bits per heavy atom. The molecule has 1 atom stereocenters. The van der Waals surface area contributed by atoms with Crippen LogP contribution in [0.15, 0.2) is 78.9 Å². The first-order valence-corrected chi connectivity index (χ1v) is 10.9. The molecule has 3 aromatic rings. The van der Waals surface area contributed by atoms with E-state index in [2.05, 4.69) is 67.6 Å². The standard InChI is InChI=1S/C27H30N2O/c1-20(22-7-3-2-4-8-22)23-10-12-25(13-11-23)27(30)29-16-14-24(15-17-29)26-9-5-6-21(18-26)19-28/h2-13,18,20,24H,14-17,19,28H2,1H3. The molecule has 2 N–H and O–H groups in total.